The minimum absolute atomic E-state index is 0.0219. The third-order valence-electron chi connectivity index (χ3n) is 3.22. The van der Waals surface area contributed by atoms with Crippen molar-refractivity contribution in [2.24, 2.45) is 17.8 Å². The van der Waals surface area contributed by atoms with E-state index in [-0.39, 0.29) is 18.4 Å². The molecular weight excluding hydrogens is 208 g/mol. The summed E-state index contributed by atoms with van der Waals surface area (Å²) in [5.41, 5.74) is 0. The van der Waals surface area contributed by atoms with E-state index in [4.69, 9.17) is 5.11 Å². The van der Waals surface area contributed by atoms with Gasteiger partial charge in [0.25, 0.3) is 0 Å². The van der Waals surface area contributed by atoms with Gasteiger partial charge in [0.15, 0.2) is 0 Å². The Labute approximate surface area is 95.6 Å². The Bertz CT molecular complexity index is 268. The molecular formula is C11H20N2O3. The van der Waals surface area contributed by atoms with Crippen LogP contribution in [-0.2, 0) is 9.59 Å². The number of carboxylic acids is 1. The average Bonchev–Trinajstić information content (AvgIpc) is 2.64. The van der Waals surface area contributed by atoms with Crippen LogP contribution in [0.5, 0.6) is 0 Å². The second kappa shape index (κ2) is 5.84. The molecule has 5 nitrogen and oxygen atoms in total. The standard InChI is InChI=1S/C11H20N2O3/c1-3-8(11(15)16)5-13-10(14)9-6-12-4-7(9)2/h7-9,12H,3-6H2,1-2H3,(H,13,14)(H,15,16)/t7-,8?,9-/m1/s1. The van der Waals surface area contributed by atoms with Crippen LogP contribution in [-0.4, -0.2) is 36.6 Å². The van der Waals surface area contributed by atoms with E-state index in [2.05, 4.69) is 10.6 Å². The number of aliphatic carboxylic acids is 1. The van der Waals surface area contributed by atoms with E-state index in [1.165, 1.54) is 0 Å². The molecule has 1 rings (SSSR count). The Morgan fingerprint density at radius 1 is 1.50 bits per heavy atom. The van der Waals surface area contributed by atoms with E-state index >= 15 is 0 Å². The van der Waals surface area contributed by atoms with E-state index in [0.717, 1.165) is 6.54 Å². The highest BCUT2D eigenvalue weighted by atomic mass is 16.4. The van der Waals surface area contributed by atoms with Gasteiger partial charge in [-0.2, -0.15) is 0 Å². The number of carboxylic acid groups (broad SMARTS) is 1. The highest BCUT2D eigenvalue weighted by Gasteiger charge is 2.29. The topological polar surface area (TPSA) is 78.4 Å². The van der Waals surface area contributed by atoms with Crippen LogP contribution in [0.3, 0.4) is 0 Å². The Balaban J connectivity index is 2.37. The number of rotatable bonds is 5. The Morgan fingerprint density at radius 2 is 2.19 bits per heavy atom. The number of hydrogen-bond acceptors (Lipinski definition) is 3. The van der Waals surface area contributed by atoms with Crippen molar-refractivity contribution in [2.75, 3.05) is 19.6 Å². The molecule has 0 aromatic rings. The number of carbonyl (C=O) groups excluding carboxylic acids is 1. The van der Waals surface area contributed by atoms with Crippen molar-refractivity contribution >= 4 is 11.9 Å². The molecule has 1 aliphatic rings. The molecule has 1 heterocycles. The summed E-state index contributed by atoms with van der Waals surface area (Å²) < 4.78 is 0. The van der Waals surface area contributed by atoms with E-state index in [1.54, 1.807) is 0 Å². The molecule has 3 atom stereocenters. The van der Waals surface area contributed by atoms with Crippen molar-refractivity contribution in [1.82, 2.24) is 10.6 Å². The van der Waals surface area contributed by atoms with Crippen LogP contribution in [0.1, 0.15) is 20.3 Å². The maximum atomic E-state index is 11.8. The molecule has 0 radical (unpaired) electrons. The van der Waals surface area contributed by atoms with Gasteiger partial charge in [-0.3, -0.25) is 9.59 Å². The van der Waals surface area contributed by atoms with Gasteiger partial charge in [-0.15, -0.1) is 0 Å². The lowest BCUT2D eigenvalue weighted by Gasteiger charge is -2.16. The Hall–Kier alpha value is -1.10. The van der Waals surface area contributed by atoms with Gasteiger partial charge < -0.3 is 15.7 Å². The zero-order valence-electron chi connectivity index (χ0n) is 9.82. The second-order valence-electron chi connectivity index (χ2n) is 4.43. The first-order chi connectivity index (χ1) is 7.56. The van der Waals surface area contributed by atoms with Gasteiger partial charge in [-0.25, -0.2) is 0 Å². The summed E-state index contributed by atoms with van der Waals surface area (Å²) in [6.07, 6.45) is 0.536. The molecule has 0 aliphatic carbocycles. The minimum atomic E-state index is -0.847. The molecule has 1 saturated heterocycles. The van der Waals surface area contributed by atoms with Gasteiger partial charge >= 0.3 is 5.97 Å². The summed E-state index contributed by atoms with van der Waals surface area (Å²) in [7, 11) is 0. The fraction of sp³-hybridized carbons (Fsp3) is 0.818. The number of carbonyl (C=O) groups is 2. The van der Waals surface area contributed by atoms with Crippen LogP contribution >= 0.6 is 0 Å². The number of nitrogens with one attached hydrogen (secondary N) is 2. The van der Waals surface area contributed by atoms with Gasteiger partial charge in [0, 0.05) is 13.1 Å². The number of hydrogen-bond donors (Lipinski definition) is 3. The fourth-order valence-corrected chi connectivity index (χ4v) is 1.92. The van der Waals surface area contributed by atoms with Crippen LogP contribution in [0.4, 0.5) is 0 Å². The lowest BCUT2D eigenvalue weighted by molar-refractivity contribution is -0.141. The number of amides is 1. The smallest absolute Gasteiger partial charge is 0.308 e. The fourth-order valence-electron chi connectivity index (χ4n) is 1.92. The first-order valence-corrected chi connectivity index (χ1v) is 5.77. The first kappa shape index (κ1) is 13.0. The van der Waals surface area contributed by atoms with Crippen molar-refractivity contribution < 1.29 is 14.7 Å². The summed E-state index contributed by atoms with van der Waals surface area (Å²) in [6.45, 7) is 5.61. The molecule has 1 amide bonds. The molecule has 0 aromatic carbocycles. The SMILES string of the molecule is CCC(CNC(=O)[C@@H]1CNC[C@H]1C)C(=O)O. The third kappa shape index (κ3) is 3.20. The molecule has 0 bridgehead atoms. The summed E-state index contributed by atoms with van der Waals surface area (Å²) in [5.74, 6) is -1.05. The normalized spacial score (nSPS) is 26.4. The summed E-state index contributed by atoms with van der Waals surface area (Å²) >= 11 is 0. The molecule has 0 saturated carbocycles. The quantitative estimate of drug-likeness (QED) is 0.622. The highest BCUT2D eigenvalue weighted by Crippen LogP contribution is 2.15. The zero-order chi connectivity index (χ0) is 12.1. The highest BCUT2D eigenvalue weighted by molar-refractivity contribution is 5.80. The Kier molecular flexibility index (Phi) is 4.73. The monoisotopic (exact) mass is 228 g/mol. The molecule has 3 N–H and O–H groups in total. The van der Waals surface area contributed by atoms with Gasteiger partial charge in [-0.1, -0.05) is 13.8 Å². The molecule has 0 spiro atoms. The van der Waals surface area contributed by atoms with Crippen LogP contribution in [0.15, 0.2) is 0 Å². The molecule has 16 heavy (non-hydrogen) atoms. The van der Waals surface area contributed by atoms with Crippen LogP contribution in [0.25, 0.3) is 0 Å². The predicted molar refractivity (Wildman–Crippen MR) is 60.0 cm³/mol. The first-order valence-electron chi connectivity index (χ1n) is 5.77. The molecule has 1 unspecified atom stereocenters. The van der Waals surface area contributed by atoms with Crippen molar-refractivity contribution in [3.05, 3.63) is 0 Å². The van der Waals surface area contributed by atoms with E-state index < -0.39 is 11.9 Å². The molecule has 92 valence electrons. The molecule has 1 fully saturated rings. The van der Waals surface area contributed by atoms with Crippen molar-refractivity contribution in [3.8, 4) is 0 Å². The lowest BCUT2D eigenvalue weighted by atomic mass is 9.97. The van der Waals surface area contributed by atoms with Gasteiger partial charge in [0.1, 0.15) is 0 Å². The molecule has 0 aromatic heterocycles. The van der Waals surface area contributed by atoms with Gasteiger partial charge in [-0.05, 0) is 18.9 Å². The van der Waals surface area contributed by atoms with Crippen molar-refractivity contribution in [2.45, 2.75) is 20.3 Å². The largest absolute Gasteiger partial charge is 0.481 e. The van der Waals surface area contributed by atoms with E-state index in [1.807, 2.05) is 13.8 Å². The minimum Gasteiger partial charge on any atom is -0.481 e. The maximum Gasteiger partial charge on any atom is 0.308 e. The van der Waals surface area contributed by atoms with Crippen LogP contribution in [0, 0.1) is 17.8 Å². The van der Waals surface area contributed by atoms with Gasteiger partial charge in [0.05, 0.1) is 11.8 Å². The summed E-state index contributed by atoms with van der Waals surface area (Å²) in [6, 6.07) is 0. The van der Waals surface area contributed by atoms with Crippen LogP contribution in [0.2, 0.25) is 0 Å². The molecule has 5 heteroatoms. The third-order valence-corrected chi connectivity index (χ3v) is 3.22. The van der Waals surface area contributed by atoms with Crippen molar-refractivity contribution in [1.29, 1.82) is 0 Å². The molecule has 1 aliphatic heterocycles. The maximum absolute atomic E-state index is 11.8. The van der Waals surface area contributed by atoms with Crippen molar-refractivity contribution in [3.63, 3.8) is 0 Å². The van der Waals surface area contributed by atoms with Gasteiger partial charge in [0.2, 0.25) is 5.91 Å². The van der Waals surface area contributed by atoms with E-state index in [0.29, 0.717) is 18.9 Å². The summed E-state index contributed by atoms with van der Waals surface area (Å²) in [4.78, 5) is 22.5. The average molecular weight is 228 g/mol. The Morgan fingerprint density at radius 3 is 2.62 bits per heavy atom. The summed E-state index contributed by atoms with van der Waals surface area (Å²) in [5, 5.41) is 14.7. The van der Waals surface area contributed by atoms with Crippen LogP contribution < -0.4 is 10.6 Å². The predicted octanol–water partition coefficient (Wildman–Crippen LogP) is 0.0689. The second-order valence-corrected chi connectivity index (χ2v) is 4.43. The lowest BCUT2D eigenvalue weighted by Crippen LogP contribution is -2.38. The van der Waals surface area contributed by atoms with E-state index in [9.17, 15) is 9.59 Å². The zero-order valence-corrected chi connectivity index (χ0v) is 9.82.